The minimum absolute atomic E-state index is 0.129. The van der Waals surface area contributed by atoms with Crippen molar-refractivity contribution in [1.82, 2.24) is 0 Å². The molecule has 13 heteroatoms. The van der Waals surface area contributed by atoms with Crippen molar-refractivity contribution in [2.45, 2.75) is 55.9 Å². The van der Waals surface area contributed by atoms with Crippen LogP contribution in [0.1, 0.15) is 45.4 Å². The first-order valence-corrected chi connectivity index (χ1v) is 12.5. The van der Waals surface area contributed by atoms with Crippen LogP contribution in [0.25, 0.3) is 0 Å². The van der Waals surface area contributed by atoms with Gasteiger partial charge in [0.05, 0.1) is 11.4 Å². The minimum atomic E-state index is -4.74. The zero-order valence-electron chi connectivity index (χ0n) is 16.3. The monoisotopic (exact) mass is 460 g/mol. The molecule has 0 aliphatic heterocycles. The molecule has 3 aliphatic carbocycles. The Kier molecular flexibility index (Phi) is 6.02. The summed E-state index contributed by atoms with van der Waals surface area (Å²) in [5, 5.41) is 12.5. The lowest BCUT2D eigenvalue weighted by atomic mass is 9.74. The Morgan fingerprint density at radius 2 is 1.53 bits per heavy atom. The topological polar surface area (TPSA) is 200 Å². The van der Waals surface area contributed by atoms with E-state index in [1.165, 1.54) is 0 Å². The van der Waals surface area contributed by atoms with Gasteiger partial charge in [-0.2, -0.15) is 27.0 Å². The number of ketones is 1. The Balaban J connectivity index is 2.07. The van der Waals surface area contributed by atoms with Crippen LogP contribution in [-0.4, -0.2) is 59.4 Å². The highest BCUT2D eigenvalue weighted by Crippen LogP contribution is 2.39. The number of fused-ring (bicyclic) bond motifs is 1. The molecule has 166 valence electrons. The highest BCUT2D eigenvalue weighted by molar-refractivity contribution is 7.87. The average Bonchev–Trinajstić information content (AvgIpc) is 2.63. The molecule has 3 unspecified atom stereocenters. The summed E-state index contributed by atoms with van der Waals surface area (Å²) in [6.07, 6.45) is 2.44. The number of nitrogens with two attached hydrogens (primary N) is 1. The molecule has 2 fully saturated rings. The fourth-order valence-corrected chi connectivity index (χ4v) is 5.99. The lowest BCUT2D eigenvalue weighted by Gasteiger charge is -2.36. The third-order valence-electron chi connectivity index (χ3n) is 5.96. The summed E-state index contributed by atoms with van der Waals surface area (Å²) in [5.74, 6) is -1.42. The maximum Gasteiger partial charge on any atom is 0.273 e. The maximum absolute atomic E-state index is 12.6. The zero-order valence-corrected chi connectivity index (χ0v) is 17.9. The van der Waals surface area contributed by atoms with E-state index in [0.717, 1.165) is 18.6 Å². The quantitative estimate of drug-likeness (QED) is 0.348. The second-order valence-corrected chi connectivity index (χ2v) is 11.3. The molecule has 0 spiro atoms. The van der Waals surface area contributed by atoms with Crippen LogP contribution >= 0.6 is 0 Å². The van der Waals surface area contributed by atoms with Gasteiger partial charge < -0.3 is 5.73 Å². The average molecular weight is 461 g/mol. The smallest absolute Gasteiger partial charge is 0.273 e. The lowest BCUT2D eigenvalue weighted by molar-refractivity contribution is -0.111. The fraction of sp³-hybridized carbons (Fsp3) is 0.647. The van der Waals surface area contributed by atoms with Crippen molar-refractivity contribution in [3.63, 3.8) is 0 Å². The number of Topliss-reactive ketones (excluding diaryl/α,β-unsaturated/α-hetero) is 1. The number of rotatable bonds is 3. The Bertz CT molecular complexity index is 1080. The summed E-state index contributed by atoms with van der Waals surface area (Å²) in [7, 11) is -9.44. The third-order valence-corrected chi connectivity index (χ3v) is 8.24. The van der Waals surface area contributed by atoms with Crippen LogP contribution in [0.5, 0.6) is 0 Å². The van der Waals surface area contributed by atoms with Gasteiger partial charge in [-0.15, -0.1) is 0 Å². The van der Waals surface area contributed by atoms with Crippen LogP contribution in [-0.2, 0) is 25.0 Å². The van der Waals surface area contributed by atoms with Crippen molar-refractivity contribution >= 4 is 43.2 Å². The molecule has 3 aliphatic rings. The van der Waals surface area contributed by atoms with Crippen molar-refractivity contribution in [3.05, 3.63) is 11.3 Å². The first kappa shape index (κ1) is 22.7. The number of carbonyl (C=O) groups is 1. The fourth-order valence-electron chi connectivity index (χ4n) is 4.18. The number of nitrogens with one attached hydrogen (secondary N) is 1. The minimum Gasteiger partial charge on any atom is -0.397 e. The van der Waals surface area contributed by atoms with E-state index in [4.69, 9.17) is 11.1 Å². The molecule has 0 radical (unpaired) electrons. The molecule has 0 bridgehead atoms. The summed E-state index contributed by atoms with van der Waals surface area (Å²) in [6.45, 7) is 2.12. The number of allylic oxidation sites excluding steroid dienone is 2. The molecular weight excluding hydrogens is 436 g/mol. The molecule has 0 aromatic carbocycles. The van der Waals surface area contributed by atoms with Gasteiger partial charge in [0.15, 0.2) is 0 Å². The lowest BCUT2D eigenvalue weighted by Crippen LogP contribution is -2.50. The molecule has 0 saturated heterocycles. The number of nitrogens with zero attached hydrogens (tertiary/aromatic N) is 2. The second-order valence-electron chi connectivity index (χ2n) is 8.08. The predicted molar refractivity (Wildman–Crippen MR) is 110 cm³/mol. The number of hydrogen-bond acceptors (Lipinski definition) is 9. The van der Waals surface area contributed by atoms with Gasteiger partial charge in [-0.3, -0.25) is 19.3 Å². The Hall–Kier alpha value is -1.96. The van der Waals surface area contributed by atoms with Crippen LogP contribution in [0.4, 0.5) is 0 Å². The van der Waals surface area contributed by atoms with Crippen molar-refractivity contribution in [2.24, 2.45) is 27.8 Å². The molecule has 3 rings (SSSR count). The van der Waals surface area contributed by atoms with E-state index in [2.05, 4.69) is 17.1 Å². The number of hydrogen-bond donors (Lipinski definition) is 4. The summed E-state index contributed by atoms with van der Waals surface area (Å²) in [5.41, 5.74) is 5.20. The van der Waals surface area contributed by atoms with E-state index in [9.17, 15) is 30.7 Å². The van der Waals surface area contributed by atoms with Crippen LogP contribution < -0.4 is 5.73 Å². The van der Waals surface area contributed by atoms with Crippen molar-refractivity contribution in [1.29, 1.82) is 5.41 Å². The Morgan fingerprint density at radius 1 is 1.00 bits per heavy atom. The van der Waals surface area contributed by atoms with Crippen molar-refractivity contribution < 1.29 is 30.7 Å². The van der Waals surface area contributed by atoms with Gasteiger partial charge in [-0.05, 0) is 50.4 Å². The van der Waals surface area contributed by atoms with Gasteiger partial charge in [-0.1, -0.05) is 6.92 Å². The van der Waals surface area contributed by atoms with Gasteiger partial charge in [0, 0.05) is 11.3 Å². The highest BCUT2D eigenvalue weighted by atomic mass is 32.2. The standard InChI is InChI=1S/C17H24N4O7S2/c1-8-2-4-10(5-3-8)20-21-16-12(30(26,27)28)7-9-6-11(29(23,24)25)14(18)17(22)13(9)15(16)19/h8-9,11-12,18H,2-7,19H2,1H3,(H,23,24,25)(H,26,27,28)/b18-14?,20-10?,21-16+. The molecule has 0 amide bonds. The normalized spacial score (nSPS) is 32.4. The number of carbonyl (C=O) groups excluding carboxylic acids is 1. The van der Waals surface area contributed by atoms with E-state index in [1.807, 2.05) is 0 Å². The van der Waals surface area contributed by atoms with Crippen LogP contribution in [0.2, 0.25) is 0 Å². The largest absolute Gasteiger partial charge is 0.397 e. The van der Waals surface area contributed by atoms with Gasteiger partial charge >= 0.3 is 0 Å². The summed E-state index contributed by atoms with van der Waals surface area (Å²) in [6, 6.07) is 0. The molecule has 3 atom stereocenters. The van der Waals surface area contributed by atoms with E-state index in [0.29, 0.717) is 18.8 Å². The SMILES string of the molecule is CC1CCC(=N/N=C2/C(N)=C3C(=O)C(=N)C(S(=O)(=O)O)CC3CC2S(=O)(=O)O)CC1. The Labute approximate surface area is 174 Å². The summed E-state index contributed by atoms with van der Waals surface area (Å²) < 4.78 is 66.1. The second kappa shape index (κ2) is 7.94. The first-order valence-electron chi connectivity index (χ1n) is 9.49. The molecule has 0 aromatic rings. The molecule has 11 nitrogen and oxygen atoms in total. The van der Waals surface area contributed by atoms with Gasteiger partial charge in [-0.25, -0.2) is 0 Å². The zero-order chi connectivity index (χ0) is 22.4. The van der Waals surface area contributed by atoms with Crippen LogP contribution in [0.15, 0.2) is 21.5 Å². The summed E-state index contributed by atoms with van der Waals surface area (Å²) in [4.78, 5) is 12.6. The predicted octanol–water partition coefficient (Wildman–Crippen LogP) is 0.732. The van der Waals surface area contributed by atoms with Crippen LogP contribution in [0, 0.1) is 17.2 Å². The Morgan fingerprint density at radius 3 is 2.07 bits per heavy atom. The summed E-state index contributed by atoms with van der Waals surface area (Å²) >= 11 is 0. The molecule has 0 heterocycles. The van der Waals surface area contributed by atoms with E-state index in [1.54, 1.807) is 0 Å². The third kappa shape index (κ3) is 4.38. The maximum atomic E-state index is 12.6. The van der Waals surface area contributed by atoms with E-state index >= 15 is 0 Å². The van der Waals surface area contributed by atoms with Gasteiger partial charge in [0.1, 0.15) is 16.2 Å². The van der Waals surface area contributed by atoms with Gasteiger partial charge in [0.25, 0.3) is 20.2 Å². The molecule has 2 saturated carbocycles. The van der Waals surface area contributed by atoms with Crippen LogP contribution in [0.3, 0.4) is 0 Å². The molecule has 0 aromatic heterocycles. The highest BCUT2D eigenvalue weighted by Gasteiger charge is 2.49. The first-order chi connectivity index (χ1) is 13.8. The molecule has 5 N–H and O–H groups in total. The van der Waals surface area contributed by atoms with Crippen molar-refractivity contribution in [3.8, 4) is 0 Å². The van der Waals surface area contributed by atoms with Gasteiger partial charge in [0.2, 0.25) is 5.78 Å². The van der Waals surface area contributed by atoms with E-state index < -0.39 is 54.6 Å². The van der Waals surface area contributed by atoms with Crippen molar-refractivity contribution in [2.75, 3.05) is 0 Å². The molecule has 30 heavy (non-hydrogen) atoms. The molecular formula is C17H24N4O7S2. The van der Waals surface area contributed by atoms with E-state index in [-0.39, 0.29) is 23.4 Å².